The summed E-state index contributed by atoms with van der Waals surface area (Å²) < 4.78 is 38.0. The van der Waals surface area contributed by atoms with Crippen molar-refractivity contribution in [2.45, 2.75) is 43.1 Å². The summed E-state index contributed by atoms with van der Waals surface area (Å²) >= 11 is 1.41. The summed E-state index contributed by atoms with van der Waals surface area (Å²) in [5.74, 6) is 0. The molecule has 4 atom stereocenters. The third-order valence-corrected chi connectivity index (χ3v) is 5.22. The Bertz CT molecular complexity index is 556. The lowest BCUT2D eigenvalue weighted by atomic mass is 10.0. The summed E-state index contributed by atoms with van der Waals surface area (Å²) in [7, 11) is 3.77. The second kappa shape index (κ2) is 7.15. The minimum Gasteiger partial charge on any atom is -0.371 e. The van der Waals surface area contributed by atoms with Gasteiger partial charge in [-0.25, -0.2) is 8.78 Å². The average molecular weight is 342 g/mol. The van der Waals surface area contributed by atoms with Crippen molar-refractivity contribution in [2.75, 3.05) is 14.1 Å². The summed E-state index contributed by atoms with van der Waals surface area (Å²) in [5, 5.41) is 0.816. The number of ether oxygens (including phenoxy) is 2. The zero-order chi connectivity index (χ0) is 16.4. The average Bonchev–Trinajstić information content (AvgIpc) is 2.96. The lowest BCUT2D eigenvalue weighted by Crippen LogP contribution is -2.48. The van der Waals surface area contributed by atoms with E-state index >= 15 is 0 Å². The van der Waals surface area contributed by atoms with Gasteiger partial charge in [0.1, 0.15) is 11.5 Å². The molecule has 23 heavy (non-hydrogen) atoms. The van der Waals surface area contributed by atoms with Crippen LogP contribution in [-0.2, 0) is 16.1 Å². The molecule has 0 bridgehead atoms. The van der Waals surface area contributed by atoms with Crippen molar-refractivity contribution < 1.29 is 18.3 Å². The van der Waals surface area contributed by atoms with E-state index in [1.165, 1.54) is 11.8 Å². The third kappa shape index (κ3) is 3.84. The highest BCUT2D eigenvalue weighted by Gasteiger charge is 2.46. The number of hydrogen-bond acceptors (Lipinski definition) is 5. The fraction of sp³-hybridized carbons (Fsp3) is 0.562. The summed E-state index contributed by atoms with van der Waals surface area (Å²) in [6.07, 6.45) is -3.97. The van der Waals surface area contributed by atoms with Gasteiger partial charge in [0.15, 0.2) is 5.17 Å². The van der Waals surface area contributed by atoms with Gasteiger partial charge in [0.05, 0.1) is 18.8 Å². The number of nitrogens with zero attached hydrogens (tertiary/aromatic N) is 2. The van der Waals surface area contributed by atoms with E-state index < -0.39 is 18.6 Å². The van der Waals surface area contributed by atoms with Crippen LogP contribution in [0.2, 0.25) is 0 Å². The molecule has 0 N–H and O–H groups in total. The largest absolute Gasteiger partial charge is 0.371 e. The van der Waals surface area contributed by atoms with Gasteiger partial charge in [-0.05, 0) is 5.56 Å². The number of amidine groups is 1. The fourth-order valence-corrected chi connectivity index (χ4v) is 3.82. The molecule has 1 fully saturated rings. The molecule has 1 aromatic rings. The number of hydrogen-bond donors (Lipinski definition) is 0. The third-order valence-electron chi connectivity index (χ3n) is 3.88. The van der Waals surface area contributed by atoms with Gasteiger partial charge in [-0.3, -0.25) is 4.99 Å². The minimum absolute atomic E-state index is 0.131. The molecular formula is C16H20F2N2O2S. The Morgan fingerprint density at radius 3 is 2.74 bits per heavy atom. The van der Waals surface area contributed by atoms with Gasteiger partial charge in [-0.2, -0.15) is 0 Å². The summed E-state index contributed by atoms with van der Waals surface area (Å²) in [6.45, 7) is 0.298. The molecule has 0 unspecified atom stereocenters. The highest BCUT2D eigenvalue weighted by Crippen LogP contribution is 2.39. The Balaban J connectivity index is 1.67. The zero-order valence-corrected chi connectivity index (χ0v) is 13.9. The summed E-state index contributed by atoms with van der Waals surface area (Å²) in [4.78, 5) is 6.44. The molecule has 0 aliphatic carbocycles. The standard InChI is InChI=1S/C16H20F2N2O2S/c1-20(2)16-19-11-8-12(13(14(17)18)22-15(11)23-16)21-9-10-6-4-3-5-7-10/h3-7,11-15H,8-9H2,1-2H3/t11-,12+,13+,15-/m1/s1. The molecule has 2 heterocycles. The highest BCUT2D eigenvalue weighted by atomic mass is 32.2. The van der Waals surface area contributed by atoms with Crippen LogP contribution in [0.1, 0.15) is 12.0 Å². The molecule has 4 nitrogen and oxygen atoms in total. The Morgan fingerprint density at radius 1 is 1.35 bits per heavy atom. The molecule has 7 heteroatoms. The van der Waals surface area contributed by atoms with E-state index in [0.717, 1.165) is 10.7 Å². The first-order valence-electron chi connectivity index (χ1n) is 7.55. The van der Waals surface area contributed by atoms with E-state index in [-0.39, 0.29) is 11.5 Å². The van der Waals surface area contributed by atoms with Crippen molar-refractivity contribution in [3.8, 4) is 0 Å². The number of benzene rings is 1. The quantitative estimate of drug-likeness (QED) is 0.842. The van der Waals surface area contributed by atoms with Crippen molar-refractivity contribution in [3.05, 3.63) is 35.9 Å². The maximum Gasteiger partial charge on any atom is 0.266 e. The van der Waals surface area contributed by atoms with Crippen molar-refractivity contribution >= 4 is 16.9 Å². The highest BCUT2D eigenvalue weighted by molar-refractivity contribution is 8.14. The van der Waals surface area contributed by atoms with Gasteiger partial charge >= 0.3 is 0 Å². The minimum atomic E-state index is -2.57. The molecule has 2 aliphatic rings. The van der Waals surface area contributed by atoms with Crippen LogP contribution in [-0.4, -0.2) is 54.3 Å². The predicted molar refractivity (Wildman–Crippen MR) is 86.8 cm³/mol. The Kier molecular flexibility index (Phi) is 5.18. The van der Waals surface area contributed by atoms with Gasteiger partial charge in [0.25, 0.3) is 6.43 Å². The Labute approximate surface area is 138 Å². The number of halogens is 2. The van der Waals surface area contributed by atoms with Crippen molar-refractivity contribution in [1.82, 2.24) is 4.90 Å². The van der Waals surface area contributed by atoms with Gasteiger partial charge < -0.3 is 14.4 Å². The summed E-state index contributed by atoms with van der Waals surface area (Å²) in [5.41, 5.74) is 0.615. The molecule has 0 amide bonds. The van der Waals surface area contributed by atoms with Gasteiger partial charge in [0.2, 0.25) is 0 Å². The second-order valence-corrected chi connectivity index (χ2v) is 6.93. The van der Waals surface area contributed by atoms with Crippen LogP contribution < -0.4 is 0 Å². The predicted octanol–water partition coefficient (Wildman–Crippen LogP) is 2.98. The van der Waals surface area contributed by atoms with E-state index in [1.807, 2.05) is 49.3 Å². The zero-order valence-electron chi connectivity index (χ0n) is 13.1. The van der Waals surface area contributed by atoms with Crippen LogP contribution in [0, 0.1) is 0 Å². The van der Waals surface area contributed by atoms with Crippen LogP contribution in [0.15, 0.2) is 35.3 Å². The van der Waals surface area contributed by atoms with Crippen LogP contribution >= 0.6 is 11.8 Å². The lowest BCUT2D eigenvalue weighted by Gasteiger charge is -2.36. The van der Waals surface area contributed by atoms with Crippen LogP contribution in [0.25, 0.3) is 0 Å². The molecule has 1 aromatic carbocycles. The van der Waals surface area contributed by atoms with Gasteiger partial charge in [-0.15, -0.1) is 0 Å². The van der Waals surface area contributed by atoms with Crippen LogP contribution in [0.3, 0.4) is 0 Å². The Hall–Kier alpha value is -1.18. The van der Waals surface area contributed by atoms with Gasteiger partial charge in [0, 0.05) is 20.5 Å². The van der Waals surface area contributed by atoms with Gasteiger partial charge in [-0.1, -0.05) is 42.1 Å². The Morgan fingerprint density at radius 2 is 2.09 bits per heavy atom. The first kappa shape index (κ1) is 16.7. The number of fused-ring (bicyclic) bond motifs is 1. The first-order chi connectivity index (χ1) is 11.0. The van der Waals surface area contributed by atoms with Crippen molar-refractivity contribution in [2.24, 2.45) is 4.99 Å². The second-order valence-electron chi connectivity index (χ2n) is 5.87. The summed E-state index contributed by atoms with van der Waals surface area (Å²) in [6, 6.07) is 9.41. The molecule has 2 aliphatic heterocycles. The lowest BCUT2D eigenvalue weighted by molar-refractivity contribution is -0.173. The van der Waals surface area contributed by atoms with E-state index in [9.17, 15) is 8.78 Å². The molecule has 0 saturated carbocycles. The normalized spacial score (nSPS) is 30.2. The molecular weight excluding hydrogens is 322 g/mol. The van der Waals surface area contributed by atoms with Crippen molar-refractivity contribution in [1.29, 1.82) is 0 Å². The maximum absolute atomic E-state index is 13.3. The van der Waals surface area contributed by atoms with Crippen LogP contribution in [0.5, 0.6) is 0 Å². The molecule has 0 spiro atoms. The first-order valence-corrected chi connectivity index (χ1v) is 8.43. The fourth-order valence-electron chi connectivity index (χ4n) is 2.70. The molecule has 0 aromatic heterocycles. The maximum atomic E-state index is 13.3. The van der Waals surface area contributed by atoms with E-state index in [2.05, 4.69) is 4.99 Å². The monoisotopic (exact) mass is 342 g/mol. The molecule has 126 valence electrons. The van der Waals surface area contributed by atoms with E-state index in [0.29, 0.717) is 13.0 Å². The topological polar surface area (TPSA) is 34.1 Å². The van der Waals surface area contributed by atoms with E-state index in [4.69, 9.17) is 9.47 Å². The molecule has 3 rings (SSSR count). The van der Waals surface area contributed by atoms with Crippen molar-refractivity contribution in [3.63, 3.8) is 0 Å². The number of thioether (sulfide) groups is 1. The number of aliphatic imine (C=N–C) groups is 1. The van der Waals surface area contributed by atoms with E-state index in [1.54, 1.807) is 0 Å². The smallest absolute Gasteiger partial charge is 0.266 e. The number of alkyl halides is 2. The number of rotatable bonds is 4. The molecule has 0 radical (unpaired) electrons. The SMILES string of the molecule is CN(C)C1=N[C@@H]2C[C@H](OCc3ccccc3)[C@@H](C(F)F)O[C@@H]2S1. The van der Waals surface area contributed by atoms with Crippen LogP contribution in [0.4, 0.5) is 8.78 Å². The molecule has 1 saturated heterocycles.